The van der Waals surface area contributed by atoms with E-state index in [-0.39, 0.29) is 6.03 Å². The average Bonchev–Trinajstić information content (AvgIpc) is 2.84. The quantitative estimate of drug-likeness (QED) is 0.807. The summed E-state index contributed by atoms with van der Waals surface area (Å²) >= 11 is 0. The topological polar surface area (TPSA) is 72.9 Å². The summed E-state index contributed by atoms with van der Waals surface area (Å²) in [6, 6.07) is 0.244. The van der Waals surface area contributed by atoms with Gasteiger partial charge in [-0.25, -0.2) is 4.79 Å². The number of urea groups is 1. The number of rotatable bonds is 5. The van der Waals surface area contributed by atoms with E-state index < -0.39 is 11.9 Å². The minimum absolute atomic E-state index is 0.110. The van der Waals surface area contributed by atoms with E-state index in [2.05, 4.69) is 24.1 Å². The molecule has 0 saturated carbocycles. The summed E-state index contributed by atoms with van der Waals surface area (Å²) in [4.78, 5) is 27.8. The highest BCUT2D eigenvalue weighted by Crippen LogP contribution is 2.18. The van der Waals surface area contributed by atoms with Crippen LogP contribution in [0.5, 0.6) is 0 Å². The molecule has 0 spiro atoms. The van der Waals surface area contributed by atoms with Crippen LogP contribution in [0.2, 0.25) is 0 Å². The van der Waals surface area contributed by atoms with Crippen molar-refractivity contribution >= 4 is 12.0 Å². The highest BCUT2D eigenvalue weighted by Gasteiger charge is 2.29. The zero-order chi connectivity index (χ0) is 17.5. The Morgan fingerprint density at radius 2 is 1.75 bits per heavy atom. The third-order valence-corrected chi connectivity index (χ3v) is 5.40. The van der Waals surface area contributed by atoms with Crippen molar-refractivity contribution in [2.75, 3.05) is 32.7 Å². The highest BCUT2D eigenvalue weighted by atomic mass is 16.4. The molecule has 6 nitrogen and oxygen atoms in total. The van der Waals surface area contributed by atoms with Crippen LogP contribution in [0, 0.1) is 11.8 Å². The summed E-state index contributed by atoms with van der Waals surface area (Å²) in [6.45, 7) is 8.28. The lowest BCUT2D eigenvalue weighted by molar-refractivity contribution is -0.143. The standard InChI is InChI=1S/C18H33N3O3/c1-14(2)16(20-9-5-3-4-6-10-20)12-19-18(24)21-11-7-8-15(13-21)17(22)23/h14-16H,3-13H2,1-2H3,(H,19,24)(H,22,23). The van der Waals surface area contributed by atoms with Crippen molar-refractivity contribution in [1.29, 1.82) is 0 Å². The number of piperidine rings is 1. The summed E-state index contributed by atoms with van der Waals surface area (Å²) in [6.07, 6.45) is 6.52. The molecule has 24 heavy (non-hydrogen) atoms. The van der Waals surface area contributed by atoms with Crippen molar-refractivity contribution in [2.24, 2.45) is 11.8 Å². The van der Waals surface area contributed by atoms with E-state index in [4.69, 9.17) is 5.11 Å². The second-order valence-electron chi connectivity index (χ2n) is 7.57. The van der Waals surface area contributed by atoms with Crippen LogP contribution in [0.25, 0.3) is 0 Å². The molecule has 138 valence electrons. The summed E-state index contributed by atoms with van der Waals surface area (Å²) in [5.74, 6) is -0.732. The molecule has 6 heteroatoms. The molecule has 2 atom stereocenters. The maximum atomic E-state index is 12.4. The molecular formula is C18H33N3O3. The Hall–Kier alpha value is -1.30. The molecule has 0 aromatic rings. The predicted octanol–water partition coefficient (Wildman–Crippen LogP) is 2.39. The molecule has 2 amide bonds. The second-order valence-corrected chi connectivity index (χ2v) is 7.57. The smallest absolute Gasteiger partial charge is 0.317 e. The zero-order valence-corrected chi connectivity index (χ0v) is 15.2. The van der Waals surface area contributed by atoms with E-state index in [1.54, 1.807) is 4.90 Å². The number of carboxylic acids is 1. The van der Waals surface area contributed by atoms with Crippen LogP contribution in [0.4, 0.5) is 4.79 Å². The maximum absolute atomic E-state index is 12.4. The van der Waals surface area contributed by atoms with Gasteiger partial charge in [0.15, 0.2) is 0 Å². The van der Waals surface area contributed by atoms with Gasteiger partial charge in [-0.2, -0.15) is 0 Å². The molecule has 2 unspecified atom stereocenters. The van der Waals surface area contributed by atoms with Crippen LogP contribution >= 0.6 is 0 Å². The fourth-order valence-electron chi connectivity index (χ4n) is 3.88. The number of carbonyl (C=O) groups is 2. The zero-order valence-electron chi connectivity index (χ0n) is 15.2. The summed E-state index contributed by atoms with van der Waals surface area (Å²) in [5, 5.41) is 12.2. The van der Waals surface area contributed by atoms with Gasteiger partial charge in [0.1, 0.15) is 0 Å². The Kier molecular flexibility index (Phi) is 7.34. The van der Waals surface area contributed by atoms with Crippen LogP contribution in [0.15, 0.2) is 0 Å². The number of carbonyl (C=O) groups excluding carboxylic acids is 1. The molecule has 2 fully saturated rings. The van der Waals surface area contributed by atoms with Gasteiger partial charge in [0.05, 0.1) is 5.92 Å². The van der Waals surface area contributed by atoms with Crippen LogP contribution < -0.4 is 5.32 Å². The van der Waals surface area contributed by atoms with Gasteiger partial charge >= 0.3 is 12.0 Å². The van der Waals surface area contributed by atoms with E-state index in [0.29, 0.717) is 38.0 Å². The Balaban J connectivity index is 1.86. The van der Waals surface area contributed by atoms with Gasteiger partial charge in [0.25, 0.3) is 0 Å². The van der Waals surface area contributed by atoms with E-state index in [0.717, 1.165) is 19.5 Å². The lowest BCUT2D eigenvalue weighted by atomic mass is 9.98. The highest BCUT2D eigenvalue weighted by molar-refractivity contribution is 5.76. The normalized spacial score (nSPS) is 24.5. The SMILES string of the molecule is CC(C)C(CNC(=O)N1CCCC(C(=O)O)C1)N1CCCCCC1. The molecule has 0 radical (unpaired) electrons. The third kappa shape index (κ3) is 5.36. The van der Waals surface area contributed by atoms with Crippen molar-refractivity contribution in [3.05, 3.63) is 0 Å². The van der Waals surface area contributed by atoms with E-state index in [9.17, 15) is 9.59 Å². The monoisotopic (exact) mass is 339 g/mol. The number of nitrogens with zero attached hydrogens (tertiary/aromatic N) is 2. The molecule has 0 aliphatic carbocycles. The first-order chi connectivity index (χ1) is 11.5. The first-order valence-corrected chi connectivity index (χ1v) is 9.48. The fourth-order valence-corrected chi connectivity index (χ4v) is 3.88. The maximum Gasteiger partial charge on any atom is 0.317 e. The second kappa shape index (κ2) is 9.25. The molecule has 2 aliphatic rings. The predicted molar refractivity (Wildman–Crippen MR) is 94.0 cm³/mol. The van der Waals surface area contributed by atoms with Gasteiger partial charge in [0.2, 0.25) is 0 Å². The summed E-state index contributed by atoms with van der Waals surface area (Å²) < 4.78 is 0. The van der Waals surface area contributed by atoms with Crippen molar-refractivity contribution in [3.63, 3.8) is 0 Å². The van der Waals surface area contributed by atoms with Crippen LogP contribution in [-0.2, 0) is 4.79 Å². The van der Waals surface area contributed by atoms with E-state index in [1.807, 2.05) is 0 Å². The number of nitrogens with one attached hydrogen (secondary N) is 1. The number of hydrogen-bond acceptors (Lipinski definition) is 3. The number of aliphatic carboxylic acids is 1. The number of hydrogen-bond donors (Lipinski definition) is 2. The van der Waals surface area contributed by atoms with Crippen LogP contribution in [0.1, 0.15) is 52.4 Å². The molecule has 0 aromatic carbocycles. The summed E-state index contributed by atoms with van der Waals surface area (Å²) in [7, 11) is 0. The van der Waals surface area contributed by atoms with E-state index in [1.165, 1.54) is 25.7 Å². The van der Waals surface area contributed by atoms with Gasteiger partial charge in [-0.05, 0) is 44.7 Å². The van der Waals surface area contributed by atoms with Gasteiger partial charge < -0.3 is 15.3 Å². The molecule has 2 N–H and O–H groups in total. The summed E-state index contributed by atoms with van der Waals surface area (Å²) in [5.41, 5.74) is 0. The van der Waals surface area contributed by atoms with Gasteiger partial charge in [-0.15, -0.1) is 0 Å². The first kappa shape index (κ1) is 19.0. The Labute approximate surface area is 145 Å². The van der Waals surface area contributed by atoms with Crippen molar-refractivity contribution in [2.45, 2.75) is 58.4 Å². The lowest BCUT2D eigenvalue weighted by Gasteiger charge is -2.35. The molecule has 2 heterocycles. The Morgan fingerprint density at radius 1 is 1.08 bits per heavy atom. The van der Waals surface area contributed by atoms with Crippen LogP contribution in [0.3, 0.4) is 0 Å². The minimum Gasteiger partial charge on any atom is -0.481 e. The van der Waals surface area contributed by atoms with Gasteiger partial charge in [-0.3, -0.25) is 9.69 Å². The fraction of sp³-hybridized carbons (Fsp3) is 0.889. The molecule has 2 saturated heterocycles. The van der Waals surface area contributed by atoms with Crippen LogP contribution in [-0.4, -0.2) is 65.7 Å². The van der Waals surface area contributed by atoms with E-state index >= 15 is 0 Å². The first-order valence-electron chi connectivity index (χ1n) is 9.48. The number of amides is 2. The minimum atomic E-state index is -0.794. The lowest BCUT2D eigenvalue weighted by Crippen LogP contribution is -2.52. The van der Waals surface area contributed by atoms with Crippen molar-refractivity contribution in [3.8, 4) is 0 Å². The Morgan fingerprint density at radius 3 is 2.33 bits per heavy atom. The molecule has 0 aromatic heterocycles. The third-order valence-electron chi connectivity index (χ3n) is 5.40. The molecule has 2 rings (SSSR count). The van der Waals surface area contributed by atoms with Crippen molar-refractivity contribution in [1.82, 2.24) is 15.1 Å². The number of carboxylic acid groups (broad SMARTS) is 1. The van der Waals surface area contributed by atoms with Gasteiger partial charge in [0, 0.05) is 25.7 Å². The molecule has 0 bridgehead atoms. The number of likely N-dealkylation sites (tertiary alicyclic amines) is 2. The largest absolute Gasteiger partial charge is 0.481 e. The molecular weight excluding hydrogens is 306 g/mol. The molecule has 2 aliphatic heterocycles. The average molecular weight is 339 g/mol. The van der Waals surface area contributed by atoms with Crippen molar-refractivity contribution < 1.29 is 14.7 Å². The Bertz CT molecular complexity index is 420. The van der Waals surface area contributed by atoms with Gasteiger partial charge in [-0.1, -0.05) is 26.7 Å².